The first-order valence-corrected chi connectivity index (χ1v) is 10.3. The second kappa shape index (κ2) is 10.0. The van der Waals surface area contributed by atoms with Crippen LogP contribution in [-0.2, 0) is 13.1 Å². The van der Waals surface area contributed by atoms with Crippen LogP contribution in [0.5, 0.6) is 11.5 Å². The number of ether oxygens (including phenoxy) is 2. The summed E-state index contributed by atoms with van der Waals surface area (Å²) in [6, 6.07) is 5.90. The Morgan fingerprint density at radius 2 is 2.07 bits per heavy atom. The largest absolute Gasteiger partial charge is 0.493 e. The predicted molar refractivity (Wildman–Crippen MR) is 108 cm³/mol. The van der Waals surface area contributed by atoms with Crippen LogP contribution in [0.3, 0.4) is 0 Å². The maximum Gasteiger partial charge on any atom is 0.161 e. The number of nitrogens with zero attached hydrogens (tertiary/aromatic N) is 2. The first-order valence-electron chi connectivity index (χ1n) is 9.46. The number of β-amino-alcohol motifs (C(OH)–C–C–N with tert-alkyl or cyclic N) is 1. The minimum absolute atomic E-state index is 0.271. The number of aromatic nitrogens is 1. The second-order valence-electron chi connectivity index (χ2n) is 6.92. The van der Waals surface area contributed by atoms with Crippen LogP contribution >= 0.6 is 11.3 Å². The fourth-order valence-corrected chi connectivity index (χ4v) is 3.88. The summed E-state index contributed by atoms with van der Waals surface area (Å²) in [7, 11) is 1.64. The molecule has 1 aromatic heterocycles. The Morgan fingerprint density at radius 1 is 1.26 bits per heavy atom. The number of aliphatic hydroxyl groups is 1. The highest BCUT2D eigenvalue weighted by atomic mass is 32.1. The lowest BCUT2D eigenvalue weighted by Crippen LogP contribution is -2.33. The lowest BCUT2D eigenvalue weighted by molar-refractivity contribution is 0.0747. The maximum absolute atomic E-state index is 10.2. The Balaban J connectivity index is 1.47. The average molecular weight is 392 g/mol. The summed E-state index contributed by atoms with van der Waals surface area (Å²) in [5.41, 5.74) is 2.18. The quantitative estimate of drug-likeness (QED) is 0.649. The van der Waals surface area contributed by atoms with Crippen LogP contribution in [0, 0.1) is 6.92 Å². The number of hydrogen-bond donors (Lipinski definition) is 2. The average Bonchev–Trinajstić information content (AvgIpc) is 3.32. The minimum Gasteiger partial charge on any atom is -0.493 e. The fraction of sp³-hybridized carbons (Fsp3) is 0.550. The molecule has 148 valence electrons. The number of methoxy groups -OCH3 is 1. The summed E-state index contributed by atoms with van der Waals surface area (Å²) in [6.07, 6.45) is 1.95. The number of rotatable bonds is 10. The van der Waals surface area contributed by atoms with Gasteiger partial charge in [0.1, 0.15) is 12.7 Å². The molecule has 0 saturated carbocycles. The van der Waals surface area contributed by atoms with Crippen LogP contribution in [0.25, 0.3) is 0 Å². The second-order valence-corrected chi connectivity index (χ2v) is 7.98. The molecule has 0 spiro atoms. The molecule has 3 rings (SSSR count). The van der Waals surface area contributed by atoms with Crippen molar-refractivity contribution in [1.29, 1.82) is 0 Å². The summed E-state index contributed by atoms with van der Waals surface area (Å²) >= 11 is 1.67. The van der Waals surface area contributed by atoms with Gasteiger partial charge in [-0.05, 0) is 50.6 Å². The topological polar surface area (TPSA) is 66.8 Å². The van der Waals surface area contributed by atoms with E-state index < -0.39 is 6.10 Å². The van der Waals surface area contributed by atoms with E-state index in [9.17, 15) is 5.11 Å². The Labute approximate surface area is 165 Å². The van der Waals surface area contributed by atoms with Crippen molar-refractivity contribution < 1.29 is 14.6 Å². The van der Waals surface area contributed by atoms with Gasteiger partial charge in [0.2, 0.25) is 0 Å². The number of aliphatic hydroxyl groups excluding tert-OH is 1. The number of nitrogens with one attached hydrogen (secondary N) is 1. The van der Waals surface area contributed by atoms with E-state index in [4.69, 9.17) is 9.47 Å². The predicted octanol–water partition coefficient (Wildman–Crippen LogP) is 2.59. The summed E-state index contributed by atoms with van der Waals surface area (Å²) in [5, 5.41) is 16.7. The third kappa shape index (κ3) is 6.17. The van der Waals surface area contributed by atoms with Gasteiger partial charge in [0.25, 0.3) is 0 Å². The molecule has 2 aromatic rings. The van der Waals surface area contributed by atoms with Crippen molar-refractivity contribution in [3.63, 3.8) is 0 Å². The highest BCUT2D eigenvalue weighted by Crippen LogP contribution is 2.28. The van der Waals surface area contributed by atoms with Crippen molar-refractivity contribution in [1.82, 2.24) is 15.2 Å². The van der Waals surface area contributed by atoms with Crippen LogP contribution in [-0.4, -0.2) is 54.4 Å². The molecule has 0 aliphatic carbocycles. The Bertz CT molecular complexity index is 716. The van der Waals surface area contributed by atoms with Gasteiger partial charge in [0.05, 0.1) is 17.8 Å². The van der Waals surface area contributed by atoms with E-state index in [-0.39, 0.29) is 6.61 Å². The first kappa shape index (κ1) is 20.1. The van der Waals surface area contributed by atoms with E-state index in [1.54, 1.807) is 18.4 Å². The molecule has 0 amide bonds. The van der Waals surface area contributed by atoms with Crippen LogP contribution < -0.4 is 14.8 Å². The van der Waals surface area contributed by atoms with Gasteiger partial charge >= 0.3 is 0 Å². The van der Waals surface area contributed by atoms with Crippen molar-refractivity contribution in [2.24, 2.45) is 0 Å². The van der Waals surface area contributed by atoms with E-state index >= 15 is 0 Å². The van der Waals surface area contributed by atoms with Crippen molar-refractivity contribution in [3.8, 4) is 11.5 Å². The molecule has 1 fully saturated rings. The highest BCUT2D eigenvalue weighted by molar-refractivity contribution is 7.09. The van der Waals surface area contributed by atoms with Crippen molar-refractivity contribution in [2.75, 3.05) is 33.4 Å². The molecule has 6 nitrogen and oxygen atoms in total. The number of likely N-dealkylation sites (tertiary alicyclic amines) is 1. The van der Waals surface area contributed by atoms with Gasteiger partial charge in [-0.25, -0.2) is 4.98 Å². The highest BCUT2D eigenvalue weighted by Gasteiger charge is 2.17. The van der Waals surface area contributed by atoms with Crippen molar-refractivity contribution in [3.05, 3.63) is 39.8 Å². The van der Waals surface area contributed by atoms with Gasteiger partial charge in [0, 0.05) is 25.0 Å². The number of benzene rings is 1. The smallest absolute Gasteiger partial charge is 0.161 e. The summed E-state index contributed by atoms with van der Waals surface area (Å²) < 4.78 is 11.3. The summed E-state index contributed by atoms with van der Waals surface area (Å²) in [5.74, 6) is 1.35. The van der Waals surface area contributed by atoms with Gasteiger partial charge in [0.15, 0.2) is 11.5 Å². The van der Waals surface area contributed by atoms with Crippen LogP contribution in [0.15, 0.2) is 23.6 Å². The number of hydrogen-bond acceptors (Lipinski definition) is 7. The molecule has 2 N–H and O–H groups in total. The third-order valence-corrected chi connectivity index (χ3v) is 5.45. The monoisotopic (exact) mass is 391 g/mol. The number of aryl methyl sites for hydroxylation is 1. The standard InChI is InChI=1S/C20H29N3O3S/c1-15-22-17(14-27-15)11-21-10-16-5-6-19(20(9-16)25-2)26-13-18(24)12-23-7-3-4-8-23/h5-6,9,14,18,21,24H,3-4,7-8,10-13H2,1-2H3/t18-/m1/s1. The number of thiazole rings is 1. The fourth-order valence-electron chi connectivity index (χ4n) is 3.27. The van der Waals surface area contributed by atoms with Gasteiger partial charge in [-0.3, -0.25) is 0 Å². The van der Waals surface area contributed by atoms with E-state index in [0.29, 0.717) is 18.0 Å². The van der Waals surface area contributed by atoms with Gasteiger partial charge in [-0.15, -0.1) is 11.3 Å². The third-order valence-electron chi connectivity index (χ3n) is 4.63. The molecular formula is C20H29N3O3S. The van der Waals surface area contributed by atoms with Crippen molar-refractivity contribution in [2.45, 2.75) is 39.0 Å². The van der Waals surface area contributed by atoms with Gasteiger partial charge in [-0.1, -0.05) is 6.07 Å². The molecule has 1 aromatic carbocycles. The molecule has 0 radical (unpaired) electrons. The normalized spacial score (nSPS) is 15.8. The van der Waals surface area contributed by atoms with Crippen LogP contribution in [0.2, 0.25) is 0 Å². The lowest BCUT2D eigenvalue weighted by Gasteiger charge is -2.20. The zero-order valence-corrected chi connectivity index (χ0v) is 16.9. The molecule has 1 aliphatic heterocycles. The van der Waals surface area contributed by atoms with E-state index in [2.05, 4.69) is 20.6 Å². The van der Waals surface area contributed by atoms with E-state index in [1.165, 1.54) is 12.8 Å². The molecule has 1 atom stereocenters. The molecule has 27 heavy (non-hydrogen) atoms. The van der Waals surface area contributed by atoms with Crippen LogP contribution in [0.4, 0.5) is 0 Å². The summed E-state index contributed by atoms with van der Waals surface area (Å²) in [4.78, 5) is 6.73. The van der Waals surface area contributed by atoms with E-state index in [0.717, 1.165) is 42.4 Å². The van der Waals surface area contributed by atoms with E-state index in [1.807, 2.05) is 25.1 Å². The molecular weight excluding hydrogens is 362 g/mol. The molecule has 0 bridgehead atoms. The summed E-state index contributed by atoms with van der Waals surface area (Å²) in [6.45, 7) is 6.57. The minimum atomic E-state index is -0.490. The zero-order valence-electron chi connectivity index (χ0n) is 16.1. The van der Waals surface area contributed by atoms with Gasteiger partial charge in [-0.2, -0.15) is 0 Å². The van der Waals surface area contributed by atoms with Crippen molar-refractivity contribution >= 4 is 11.3 Å². The Hall–Kier alpha value is -1.67. The van der Waals surface area contributed by atoms with Gasteiger partial charge < -0.3 is 24.8 Å². The Kier molecular flexibility index (Phi) is 7.46. The first-order chi connectivity index (χ1) is 13.1. The molecule has 0 unspecified atom stereocenters. The SMILES string of the molecule is COc1cc(CNCc2csc(C)n2)ccc1OC[C@H](O)CN1CCCC1. The zero-order chi connectivity index (χ0) is 19.1. The molecule has 2 heterocycles. The molecule has 7 heteroatoms. The maximum atomic E-state index is 10.2. The lowest BCUT2D eigenvalue weighted by atomic mass is 10.2. The van der Waals surface area contributed by atoms with Crippen LogP contribution in [0.1, 0.15) is 29.1 Å². The molecule has 1 aliphatic rings. The Morgan fingerprint density at radius 3 is 2.78 bits per heavy atom. The molecule has 1 saturated heterocycles.